The summed E-state index contributed by atoms with van der Waals surface area (Å²) in [6.07, 6.45) is -5.03. The van der Waals surface area contributed by atoms with Crippen molar-refractivity contribution in [2.75, 3.05) is 6.61 Å². The van der Waals surface area contributed by atoms with Crippen LogP contribution in [0, 0.1) is 0 Å². The maximum absolute atomic E-state index is 10.7. The Bertz CT molecular complexity index is 490. The second-order valence-corrected chi connectivity index (χ2v) is 5.15. The molecule has 2 rings (SSSR count). The van der Waals surface area contributed by atoms with Gasteiger partial charge in [0.15, 0.2) is 0 Å². The van der Waals surface area contributed by atoms with Gasteiger partial charge in [-0.2, -0.15) is 0 Å². The fourth-order valence-corrected chi connectivity index (χ4v) is 2.06. The Hall–Kier alpha value is -1.24. The third-order valence-corrected chi connectivity index (χ3v) is 3.47. The lowest BCUT2D eigenvalue weighted by molar-refractivity contribution is -0.242. The van der Waals surface area contributed by atoms with E-state index in [1.54, 1.807) is 0 Å². The molecule has 0 aromatic heterocycles. The van der Waals surface area contributed by atoms with Crippen LogP contribution >= 0.6 is 7.68 Å². The lowest BCUT2D eigenvalue weighted by Gasteiger charge is -2.34. The average Bonchev–Trinajstić information content (AvgIpc) is 2.40. The molecule has 4 atom stereocenters. The molecule has 19 heavy (non-hydrogen) atoms. The number of ether oxygens (including phenoxy) is 2. The van der Waals surface area contributed by atoms with E-state index in [2.05, 4.69) is 0 Å². The van der Waals surface area contributed by atoms with Gasteiger partial charge in [-0.25, -0.2) is 9.13 Å². The molecule has 0 spiro atoms. The van der Waals surface area contributed by atoms with Crippen molar-refractivity contribution in [2.45, 2.75) is 24.6 Å². The molecular formula is C11H13O7P. The van der Waals surface area contributed by atoms with E-state index >= 15 is 0 Å². The summed E-state index contributed by atoms with van der Waals surface area (Å²) in [5, 5.41) is 28.5. The standard InChI is InChI=1S/C11H13O7P/c12-8-5-17-11(10(14)9(8)13)18-6-1-3-7(4-2-6)19(15)16/h1-4,8-14H,5H2. The molecule has 8 heteroatoms. The molecule has 0 radical (unpaired) electrons. The van der Waals surface area contributed by atoms with E-state index in [0.717, 1.165) is 0 Å². The summed E-state index contributed by atoms with van der Waals surface area (Å²) in [5.74, 6) is 0.285. The smallest absolute Gasteiger partial charge is 0.348 e. The molecule has 1 aromatic rings. The van der Waals surface area contributed by atoms with E-state index in [-0.39, 0.29) is 17.7 Å². The zero-order valence-electron chi connectivity index (χ0n) is 9.75. The fourth-order valence-electron chi connectivity index (χ4n) is 1.66. The van der Waals surface area contributed by atoms with Crippen LogP contribution in [-0.2, 0) is 13.9 Å². The topological polar surface area (TPSA) is 113 Å². The van der Waals surface area contributed by atoms with Gasteiger partial charge in [-0.05, 0) is 24.3 Å². The van der Waals surface area contributed by atoms with E-state index in [1.165, 1.54) is 24.3 Å². The number of rotatable bonds is 3. The molecule has 1 fully saturated rings. The van der Waals surface area contributed by atoms with Gasteiger partial charge in [0.05, 0.1) is 11.9 Å². The van der Waals surface area contributed by atoms with Gasteiger partial charge >= 0.3 is 7.68 Å². The van der Waals surface area contributed by atoms with Crippen molar-refractivity contribution < 1.29 is 33.9 Å². The molecule has 0 aliphatic carbocycles. The van der Waals surface area contributed by atoms with Gasteiger partial charge in [0, 0.05) is 0 Å². The number of aliphatic hydroxyl groups is 3. The van der Waals surface area contributed by atoms with E-state index in [1.807, 2.05) is 0 Å². The van der Waals surface area contributed by atoms with Gasteiger partial charge in [0.1, 0.15) is 24.1 Å². The zero-order chi connectivity index (χ0) is 14.0. The minimum atomic E-state index is -2.66. The molecule has 0 amide bonds. The lowest BCUT2D eigenvalue weighted by atomic mass is 10.1. The summed E-state index contributed by atoms with van der Waals surface area (Å²) < 4.78 is 31.7. The number of hydrogen-bond donors (Lipinski definition) is 3. The van der Waals surface area contributed by atoms with Gasteiger partial charge in [-0.15, -0.1) is 0 Å². The van der Waals surface area contributed by atoms with E-state index in [4.69, 9.17) is 9.47 Å². The summed E-state index contributed by atoms with van der Waals surface area (Å²) >= 11 is 0. The van der Waals surface area contributed by atoms with Gasteiger partial charge in [0.25, 0.3) is 0 Å². The zero-order valence-corrected chi connectivity index (χ0v) is 10.6. The van der Waals surface area contributed by atoms with Gasteiger partial charge < -0.3 is 24.8 Å². The number of aliphatic hydroxyl groups excluding tert-OH is 3. The number of hydrogen-bond acceptors (Lipinski definition) is 7. The van der Waals surface area contributed by atoms with Crippen molar-refractivity contribution in [3.05, 3.63) is 24.3 Å². The van der Waals surface area contributed by atoms with Crippen LogP contribution in [0.4, 0.5) is 0 Å². The van der Waals surface area contributed by atoms with Crippen molar-refractivity contribution >= 4 is 13.0 Å². The first-order valence-electron chi connectivity index (χ1n) is 5.56. The van der Waals surface area contributed by atoms with E-state index in [9.17, 15) is 24.4 Å². The highest BCUT2D eigenvalue weighted by atomic mass is 31.1. The van der Waals surface area contributed by atoms with Crippen LogP contribution in [-0.4, -0.2) is 46.5 Å². The molecule has 0 bridgehead atoms. The minimum absolute atomic E-state index is 0.142. The van der Waals surface area contributed by atoms with Gasteiger partial charge in [-0.3, -0.25) is 0 Å². The van der Waals surface area contributed by atoms with Crippen LogP contribution in [0.2, 0.25) is 0 Å². The van der Waals surface area contributed by atoms with Crippen LogP contribution < -0.4 is 10.0 Å². The van der Waals surface area contributed by atoms with Crippen LogP contribution in [0.15, 0.2) is 24.3 Å². The average molecular weight is 288 g/mol. The fraction of sp³-hybridized carbons (Fsp3) is 0.455. The second-order valence-electron chi connectivity index (χ2n) is 4.12. The van der Waals surface area contributed by atoms with Crippen LogP contribution in [0.1, 0.15) is 0 Å². The normalized spacial score (nSPS) is 30.9. The second kappa shape index (κ2) is 5.81. The van der Waals surface area contributed by atoms with Crippen molar-refractivity contribution in [3.8, 4) is 5.75 Å². The summed E-state index contributed by atoms with van der Waals surface area (Å²) in [4.78, 5) is 0. The summed E-state index contributed by atoms with van der Waals surface area (Å²) in [6.45, 7) is -0.159. The van der Waals surface area contributed by atoms with Crippen molar-refractivity contribution in [2.24, 2.45) is 0 Å². The maximum atomic E-state index is 10.7. The third kappa shape index (κ3) is 3.20. The Morgan fingerprint density at radius 3 is 2.32 bits per heavy atom. The first-order chi connectivity index (χ1) is 8.99. The highest BCUT2D eigenvalue weighted by Gasteiger charge is 2.38. The Morgan fingerprint density at radius 1 is 1.11 bits per heavy atom. The molecule has 1 aliphatic heterocycles. The Morgan fingerprint density at radius 2 is 1.74 bits per heavy atom. The molecule has 104 valence electrons. The van der Waals surface area contributed by atoms with Crippen LogP contribution in [0.25, 0.3) is 0 Å². The van der Waals surface area contributed by atoms with Crippen molar-refractivity contribution in [1.82, 2.24) is 0 Å². The predicted molar refractivity (Wildman–Crippen MR) is 62.8 cm³/mol. The van der Waals surface area contributed by atoms with Gasteiger partial charge in [-0.1, -0.05) is 0 Å². The summed E-state index contributed by atoms with van der Waals surface area (Å²) in [5.41, 5.74) is 0. The molecular weight excluding hydrogens is 275 g/mol. The SMILES string of the molecule is O=P(=O)c1ccc(OC2OCC(O)C(O)C2O)cc1. The molecule has 1 saturated heterocycles. The van der Waals surface area contributed by atoms with E-state index < -0.39 is 32.3 Å². The predicted octanol–water partition coefficient (Wildman–Crippen LogP) is -0.697. The molecule has 3 N–H and O–H groups in total. The number of benzene rings is 1. The summed E-state index contributed by atoms with van der Waals surface area (Å²) in [7, 11) is -2.66. The molecule has 1 aliphatic rings. The van der Waals surface area contributed by atoms with Crippen LogP contribution in [0.5, 0.6) is 5.75 Å². The largest absolute Gasteiger partial charge is 0.462 e. The van der Waals surface area contributed by atoms with E-state index in [0.29, 0.717) is 0 Å². The quantitative estimate of drug-likeness (QED) is 0.630. The first-order valence-corrected chi connectivity index (χ1v) is 6.73. The Kier molecular flexibility index (Phi) is 4.34. The lowest BCUT2D eigenvalue weighted by Crippen LogP contribution is -2.54. The highest BCUT2D eigenvalue weighted by molar-refractivity contribution is 7.40. The highest BCUT2D eigenvalue weighted by Crippen LogP contribution is 2.20. The minimum Gasteiger partial charge on any atom is -0.462 e. The van der Waals surface area contributed by atoms with Gasteiger partial charge in [0.2, 0.25) is 6.29 Å². The first kappa shape index (κ1) is 14.2. The summed E-state index contributed by atoms with van der Waals surface area (Å²) in [6, 6.07) is 5.52. The molecule has 7 nitrogen and oxygen atoms in total. The maximum Gasteiger partial charge on any atom is 0.348 e. The molecule has 4 unspecified atom stereocenters. The third-order valence-electron chi connectivity index (χ3n) is 2.75. The Labute approximate surface area is 109 Å². The van der Waals surface area contributed by atoms with Crippen molar-refractivity contribution in [1.29, 1.82) is 0 Å². The van der Waals surface area contributed by atoms with Crippen LogP contribution in [0.3, 0.4) is 0 Å². The monoisotopic (exact) mass is 288 g/mol. The van der Waals surface area contributed by atoms with Crippen molar-refractivity contribution in [3.63, 3.8) is 0 Å². The Balaban J connectivity index is 2.04. The molecule has 1 heterocycles. The molecule has 0 saturated carbocycles. The molecule has 1 aromatic carbocycles.